The Balaban J connectivity index is 1.90. The van der Waals surface area contributed by atoms with Gasteiger partial charge < -0.3 is 5.73 Å². The van der Waals surface area contributed by atoms with Crippen LogP contribution in [-0.4, -0.2) is 19.6 Å². The number of halogens is 1. The van der Waals surface area contributed by atoms with Gasteiger partial charge in [-0.25, -0.2) is 13.9 Å². The maximum absolute atomic E-state index is 14.0. The van der Waals surface area contributed by atoms with Crippen molar-refractivity contribution in [1.29, 1.82) is 0 Å². The molecule has 0 bridgehead atoms. The van der Waals surface area contributed by atoms with Crippen molar-refractivity contribution < 1.29 is 4.39 Å². The number of hydrogen-bond acceptors (Lipinski definition) is 3. The van der Waals surface area contributed by atoms with Gasteiger partial charge in [-0.2, -0.15) is 10.2 Å². The first-order valence-corrected chi connectivity index (χ1v) is 7.52. The highest BCUT2D eigenvalue weighted by Crippen LogP contribution is 2.29. The molecule has 0 aliphatic rings. The Hall–Kier alpha value is -3.66. The van der Waals surface area contributed by atoms with Crippen LogP contribution in [0.25, 0.3) is 32.7 Å². The second-order valence-corrected chi connectivity index (χ2v) is 5.66. The predicted octanol–water partition coefficient (Wildman–Crippen LogP) is 3.70. The highest BCUT2D eigenvalue weighted by Gasteiger charge is 2.13. The molecule has 7 heteroatoms. The number of fused-ring (bicyclic) bond motifs is 1. The molecule has 0 aliphatic heterocycles. The van der Waals surface area contributed by atoms with E-state index in [9.17, 15) is 4.39 Å². The van der Waals surface area contributed by atoms with Crippen LogP contribution in [-0.2, 0) is 7.05 Å². The third-order valence-corrected chi connectivity index (χ3v) is 4.07. The van der Waals surface area contributed by atoms with Crippen molar-refractivity contribution >= 4 is 22.4 Å². The molecular formula is C18H13FN6. The molecular weight excluding hydrogens is 319 g/mol. The normalized spacial score (nSPS) is 10.9. The quantitative estimate of drug-likeness (QED) is 0.569. The van der Waals surface area contributed by atoms with Crippen LogP contribution in [0.4, 0.5) is 15.9 Å². The summed E-state index contributed by atoms with van der Waals surface area (Å²) in [6.45, 7) is 6.96. The summed E-state index contributed by atoms with van der Waals surface area (Å²) in [4.78, 5) is 3.15. The van der Waals surface area contributed by atoms with E-state index in [-0.39, 0.29) is 5.69 Å². The number of nitrogens with two attached hydrogens (primary N) is 1. The van der Waals surface area contributed by atoms with E-state index in [1.54, 1.807) is 27.7 Å². The molecule has 25 heavy (non-hydrogen) atoms. The number of anilines is 1. The van der Waals surface area contributed by atoms with Crippen LogP contribution in [0.15, 0.2) is 48.7 Å². The van der Waals surface area contributed by atoms with E-state index in [1.165, 1.54) is 12.1 Å². The van der Waals surface area contributed by atoms with Crippen molar-refractivity contribution in [3.8, 4) is 16.9 Å². The van der Waals surface area contributed by atoms with Gasteiger partial charge in [-0.3, -0.25) is 4.68 Å². The molecule has 0 atom stereocenters. The molecule has 0 spiro atoms. The molecule has 2 aromatic heterocycles. The highest BCUT2D eigenvalue weighted by atomic mass is 19.1. The minimum atomic E-state index is -0.569. The minimum absolute atomic E-state index is 0.0147. The Morgan fingerprint density at radius 3 is 2.76 bits per heavy atom. The standard InChI is InChI=1S/C18H13FN6/c1-21-15-6-4-11(7-14(15)19)17-9-18(20)23-25(17)13-5-3-12-10-22-24(2)16(12)8-13/h3-10H,2H3,(H2,20,23). The summed E-state index contributed by atoms with van der Waals surface area (Å²) < 4.78 is 17.4. The van der Waals surface area contributed by atoms with Gasteiger partial charge in [0, 0.05) is 24.1 Å². The highest BCUT2D eigenvalue weighted by molar-refractivity contribution is 5.81. The molecule has 0 radical (unpaired) electrons. The van der Waals surface area contributed by atoms with Crippen molar-refractivity contribution in [2.75, 3.05) is 5.73 Å². The van der Waals surface area contributed by atoms with Gasteiger partial charge in [-0.1, -0.05) is 12.1 Å². The van der Waals surface area contributed by atoms with E-state index < -0.39 is 5.82 Å². The van der Waals surface area contributed by atoms with Crippen LogP contribution in [0.5, 0.6) is 0 Å². The average Bonchev–Trinajstić information content (AvgIpc) is 3.18. The van der Waals surface area contributed by atoms with Crippen LogP contribution < -0.4 is 5.73 Å². The fraction of sp³-hybridized carbons (Fsp3) is 0.0556. The fourth-order valence-corrected chi connectivity index (χ4v) is 2.82. The number of benzene rings is 2. The average molecular weight is 332 g/mol. The van der Waals surface area contributed by atoms with Crippen LogP contribution >= 0.6 is 0 Å². The first-order valence-electron chi connectivity index (χ1n) is 7.52. The number of hydrogen-bond donors (Lipinski definition) is 1. The van der Waals surface area contributed by atoms with Gasteiger partial charge in [0.25, 0.3) is 0 Å². The maximum Gasteiger partial charge on any atom is 0.222 e. The van der Waals surface area contributed by atoms with Gasteiger partial charge in [0.1, 0.15) is 11.6 Å². The minimum Gasteiger partial charge on any atom is -0.382 e. The smallest absolute Gasteiger partial charge is 0.222 e. The van der Waals surface area contributed by atoms with Gasteiger partial charge in [-0.15, -0.1) is 0 Å². The Labute approximate surface area is 142 Å². The fourth-order valence-electron chi connectivity index (χ4n) is 2.82. The van der Waals surface area contributed by atoms with Gasteiger partial charge >= 0.3 is 0 Å². The molecule has 2 N–H and O–H groups in total. The Morgan fingerprint density at radius 1 is 1.16 bits per heavy atom. The predicted molar refractivity (Wildman–Crippen MR) is 93.9 cm³/mol. The summed E-state index contributed by atoms with van der Waals surface area (Å²) in [5.41, 5.74) is 8.85. The molecule has 4 aromatic rings. The zero-order valence-electron chi connectivity index (χ0n) is 13.3. The molecule has 2 aromatic carbocycles. The summed E-state index contributed by atoms with van der Waals surface area (Å²) in [7, 11) is 1.86. The Kier molecular flexibility index (Phi) is 3.25. The number of nitrogen functional groups attached to an aromatic ring is 1. The molecule has 0 saturated carbocycles. The maximum atomic E-state index is 14.0. The van der Waals surface area contributed by atoms with Crippen molar-refractivity contribution in [1.82, 2.24) is 19.6 Å². The SMILES string of the molecule is [C-]#[N+]c1ccc(-c2cc(N)nn2-c2ccc3cnn(C)c3c2)cc1F. The third-order valence-electron chi connectivity index (χ3n) is 4.07. The van der Waals surface area contributed by atoms with E-state index in [4.69, 9.17) is 12.3 Å². The molecule has 6 nitrogen and oxygen atoms in total. The van der Waals surface area contributed by atoms with Crippen molar-refractivity contribution in [3.05, 3.63) is 65.9 Å². The van der Waals surface area contributed by atoms with Gasteiger partial charge in [0.15, 0.2) is 0 Å². The second kappa shape index (κ2) is 5.46. The third kappa shape index (κ3) is 2.40. The van der Waals surface area contributed by atoms with E-state index in [0.29, 0.717) is 17.1 Å². The zero-order valence-corrected chi connectivity index (χ0v) is 13.3. The number of aryl methyl sites for hydroxylation is 1. The Morgan fingerprint density at radius 2 is 2.00 bits per heavy atom. The van der Waals surface area contributed by atoms with Crippen LogP contribution in [0.3, 0.4) is 0 Å². The number of nitrogens with zero attached hydrogens (tertiary/aromatic N) is 5. The monoisotopic (exact) mass is 332 g/mol. The topological polar surface area (TPSA) is 66.0 Å². The molecule has 0 amide bonds. The van der Waals surface area contributed by atoms with Gasteiger partial charge in [0.2, 0.25) is 5.69 Å². The second-order valence-electron chi connectivity index (χ2n) is 5.66. The molecule has 0 fully saturated rings. The van der Waals surface area contributed by atoms with Crippen LogP contribution in [0.2, 0.25) is 0 Å². The van der Waals surface area contributed by atoms with Crippen LogP contribution in [0.1, 0.15) is 0 Å². The lowest BCUT2D eigenvalue weighted by atomic mass is 10.1. The molecule has 0 unspecified atom stereocenters. The summed E-state index contributed by atoms with van der Waals surface area (Å²) in [5.74, 6) is -0.240. The van der Waals surface area contributed by atoms with Crippen molar-refractivity contribution in [3.63, 3.8) is 0 Å². The lowest BCUT2D eigenvalue weighted by Crippen LogP contribution is -2.00. The summed E-state index contributed by atoms with van der Waals surface area (Å²) in [5, 5.41) is 9.58. The van der Waals surface area contributed by atoms with Crippen LogP contribution in [0, 0.1) is 12.4 Å². The lowest BCUT2D eigenvalue weighted by Gasteiger charge is -2.09. The van der Waals surface area contributed by atoms with Crippen molar-refractivity contribution in [2.24, 2.45) is 7.05 Å². The van der Waals surface area contributed by atoms with Crippen molar-refractivity contribution in [2.45, 2.75) is 0 Å². The van der Waals surface area contributed by atoms with Gasteiger partial charge in [0.05, 0.1) is 29.7 Å². The zero-order chi connectivity index (χ0) is 17.6. The molecule has 0 saturated heterocycles. The molecule has 122 valence electrons. The van der Waals surface area contributed by atoms with E-state index in [0.717, 1.165) is 16.6 Å². The first-order chi connectivity index (χ1) is 12.1. The van der Waals surface area contributed by atoms with E-state index >= 15 is 0 Å². The van der Waals surface area contributed by atoms with Gasteiger partial charge in [-0.05, 0) is 24.3 Å². The summed E-state index contributed by atoms with van der Waals surface area (Å²) >= 11 is 0. The molecule has 4 rings (SSSR count). The summed E-state index contributed by atoms with van der Waals surface area (Å²) in [6, 6.07) is 11.9. The molecule has 2 heterocycles. The first kappa shape index (κ1) is 14.9. The largest absolute Gasteiger partial charge is 0.382 e. The summed E-state index contributed by atoms with van der Waals surface area (Å²) in [6.07, 6.45) is 1.79. The Bertz CT molecular complexity index is 1150. The molecule has 0 aliphatic carbocycles. The van der Waals surface area contributed by atoms with E-state index in [1.807, 2.05) is 25.2 Å². The number of rotatable bonds is 2. The van der Waals surface area contributed by atoms with E-state index in [2.05, 4.69) is 15.0 Å². The number of aromatic nitrogens is 4. The lowest BCUT2D eigenvalue weighted by molar-refractivity contribution is 0.634.